The molecule has 7 heteroatoms. The third kappa shape index (κ3) is 5.81. The number of unbranched alkanes of at least 4 members (excludes halogenated alkanes) is 1. The zero-order valence-corrected chi connectivity index (χ0v) is 16.9. The molecular formula is C22H25N3O4. The van der Waals surface area contributed by atoms with Gasteiger partial charge in [-0.3, -0.25) is 4.79 Å². The summed E-state index contributed by atoms with van der Waals surface area (Å²) < 4.78 is 16.1. The number of hydrogen-bond donors (Lipinski definition) is 1. The Morgan fingerprint density at radius 2 is 1.72 bits per heavy atom. The van der Waals surface area contributed by atoms with Gasteiger partial charge in [0.05, 0.1) is 6.61 Å². The van der Waals surface area contributed by atoms with Gasteiger partial charge in [-0.05, 0) is 78.1 Å². The molecule has 1 aromatic heterocycles. The SMILES string of the molecule is CCCCOc1ccc(-c2nonc2NC(=O)COc2cc(C)cc(C)c2)cc1. The number of carbonyl (C=O) groups is 1. The summed E-state index contributed by atoms with van der Waals surface area (Å²) in [5.41, 5.74) is 3.36. The van der Waals surface area contributed by atoms with Crippen LogP contribution in [0.2, 0.25) is 0 Å². The number of carbonyl (C=O) groups excluding carboxylic acids is 1. The number of ether oxygens (including phenoxy) is 2. The van der Waals surface area contributed by atoms with E-state index in [9.17, 15) is 4.79 Å². The summed E-state index contributed by atoms with van der Waals surface area (Å²) in [5, 5.41) is 10.4. The van der Waals surface area contributed by atoms with E-state index in [-0.39, 0.29) is 18.3 Å². The summed E-state index contributed by atoms with van der Waals surface area (Å²) in [7, 11) is 0. The number of benzene rings is 2. The minimum atomic E-state index is -0.347. The van der Waals surface area contributed by atoms with Crippen LogP contribution in [0.3, 0.4) is 0 Å². The Morgan fingerprint density at radius 3 is 2.41 bits per heavy atom. The third-order valence-corrected chi connectivity index (χ3v) is 4.21. The zero-order valence-electron chi connectivity index (χ0n) is 16.9. The first kappa shape index (κ1) is 20.4. The van der Waals surface area contributed by atoms with Crippen LogP contribution in [0.25, 0.3) is 11.3 Å². The van der Waals surface area contributed by atoms with Crippen molar-refractivity contribution in [2.75, 3.05) is 18.5 Å². The van der Waals surface area contributed by atoms with Gasteiger partial charge in [-0.1, -0.05) is 19.4 Å². The van der Waals surface area contributed by atoms with Gasteiger partial charge >= 0.3 is 0 Å². The normalized spacial score (nSPS) is 10.6. The van der Waals surface area contributed by atoms with Gasteiger partial charge in [0.25, 0.3) is 5.91 Å². The molecule has 1 N–H and O–H groups in total. The molecule has 0 spiro atoms. The summed E-state index contributed by atoms with van der Waals surface area (Å²) in [6.07, 6.45) is 2.09. The van der Waals surface area contributed by atoms with Crippen LogP contribution in [0, 0.1) is 13.8 Å². The van der Waals surface area contributed by atoms with Gasteiger partial charge in [-0.25, -0.2) is 4.63 Å². The lowest BCUT2D eigenvalue weighted by atomic mass is 10.1. The van der Waals surface area contributed by atoms with Crippen molar-refractivity contribution in [3.8, 4) is 22.8 Å². The van der Waals surface area contributed by atoms with Crippen molar-refractivity contribution in [2.24, 2.45) is 0 Å². The number of aryl methyl sites for hydroxylation is 2. The van der Waals surface area contributed by atoms with E-state index < -0.39 is 0 Å². The Kier molecular flexibility index (Phi) is 6.84. The lowest BCUT2D eigenvalue weighted by Gasteiger charge is -2.08. The average molecular weight is 395 g/mol. The van der Waals surface area contributed by atoms with Gasteiger partial charge in [-0.2, -0.15) is 0 Å². The zero-order chi connectivity index (χ0) is 20.6. The van der Waals surface area contributed by atoms with Crippen LogP contribution < -0.4 is 14.8 Å². The molecule has 3 aromatic rings. The first-order valence-electron chi connectivity index (χ1n) is 9.62. The predicted octanol–water partition coefficient (Wildman–Crippen LogP) is 4.55. The number of amides is 1. The van der Waals surface area contributed by atoms with Crippen molar-refractivity contribution < 1.29 is 18.9 Å². The van der Waals surface area contributed by atoms with Crippen LogP contribution in [-0.4, -0.2) is 29.4 Å². The Morgan fingerprint density at radius 1 is 1.00 bits per heavy atom. The summed E-state index contributed by atoms with van der Waals surface area (Å²) in [5.74, 6) is 1.33. The smallest absolute Gasteiger partial charge is 0.263 e. The molecule has 0 aliphatic rings. The number of aromatic nitrogens is 2. The molecular weight excluding hydrogens is 370 g/mol. The quantitative estimate of drug-likeness (QED) is 0.535. The van der Waals surface area contributed by atoms with Crippen LogP contribution >= 0.6 is 0 Å². The number of nitrogens with zero attached hydrogens (tertiary/aromatic N) is 2. The molecule has 0 bridgehead atoms. The highest BCUT2D eigenvalue weighted by atomic mass is 16.6. The van der Waals surface area contributed by atoms with Crippen molar-refractivity contribution in [1.29, 1.82) is 0 Å². The lowest BCUT2D eigenvalue weighted by molar-refractivity contribution is -0.118. The Hall–Kier alpha value is -3.35. The summed E-state index contributed by atoms with van der Waals surface area (Å²) in [6, 6.07) is 13.2. The fourth-order valence-electron chi connectivity index (χ4n) is 2.84. The lowest BCUT2D eigenvalue weighted by Crippen LogP contribution is -2.20. The standard InChI is InChI=1S/C22H25N3O4/c1-4-5-10-27-18-8-6-17(7-9-18)21-22(25-29-24-21)23-20(26)14-28-19-12-15(2)11-16(3)13-19/h6-9,11-13H,4-5,10,14H2,1-3H3,(H,23,25,26). The van der Waals surface area contributed by atoms with Crippen molar-refractivity contribution in [2.45, 2.75) is 33.6 Å². The van der Waals surface area contributed by atoms with Crippen molar-refractivity contribution in [3.05, 3.63) is 53.6 Å². The minimum absolute atomic E-state index is 0.139. The second-order valence-corrected chi connectivity index (χ2v) is 6.85. The number of rotatable bonds is 9. The fraction of sp³-hybridized carbons (Fsp3) is 0.318. The van der Waals surface area contributed by atoms with E-state index in [0.29, 0.717) is 18.1 Å². The van der Waals surface area contributed by atoms with Gasteiger partial charge < -0.3 is 14.8 Å². The molecule has 0 fully saturated rings. The van der Waals surface area contributed by atoms with Crippen molar-refractivity contribution >= 4 is 11.7 Å². The van der Waals surface area contributed by atoms with Crippen LogP contribution in [0.15, 0.2) is 47.1 Å². The minimum Gasteiger partial charge on any atom is -0.494 e. The summed E-state index contributed by atoms with van der Waals surface area (Å²) in [4.78, 5) is 12.3. The molecule has 0 aliphatic heterocycles. The van der Waals surface area contributed by atoms with Gasteiger partial charge in [0.2, 0.25) is 5.82 Å². The van der Waals surface area contributed by atoms with E-state index in [2.05, 4.69) is 22.6 Å². The maximum absolute atomic E-state index is 12.3. The first-order chi connectivity index (χ1) is 14.0. The van der Waals surface area contributed by atoms with Gasteiger partial charge in [0, 0.05) is 5.56 Å². The molecule has 2 aromatic carbocycles. The molecule has 0 saturated carbocycles. The van der Waals surface area contributed by atoms with Crippen LogP contribution in [0.5, 0.6) is 11.5 Å². The highest BCUT2D eigenvalue weighted by Gasteiger charge is 2.15. The number of hydrogen-bond acceptors (Lipinski definition) is 6. The molecule has 29 heavy (non-hydrogen) atoms. The third-order valence-electron chi connectivity index (χ3n) is 4.21. The molecule has 0 unspecified atom stereocenters. The second kappa shape index (κ2) is 9.73. The van der Waals surface area contributed by atoms with Gasteiger partial charge in [0.1, 0.15) is 11.5 Å². The van der Waals surface area contributed by atoms with E-state index in [4.69, 9.17) is 14.1 Å². The summed E-state index contributed by atoms with van der Waals surface area (Å²) in [6.45, 7) is 6.62. The van der Waals surface area contributed by atoms with Crippen LogP contribution in [0.4, 0.5) is 5.82 Å². The molecule has 0 saturated heterocycles. The maximum atomic E-state index is 12.3. The Bertz CT molecular complexity index is 931. The Labute approximate surface area is 170 Å². The van der Waals surface area contributed by atoms with Crippen molar-refractivity contribution in [3.63, 3.8) is 0 Å². The predicted molar refractivity (Wildman–Crippen MR) is 110 cm³/mol. The molecule has 7 nitrogen and oxygen atoms in total. The first-order valence-corrected chi connectivity index (χ1v) is 9.62. The van der Waals surface area contributed by atoms with Crippen molar-refractivity contribution in [1.82, 2.24) is 10.3 Å². The van der Waals surface area contributed by atoms with E-state index in [0.717, 1.165) is 35.3 Å². The highest BCUT2D eigenvalue weighted by molar-refractivity contribution is 5.94. The largest absolute Gasteiger partial charge is 0.494 e. The summed E-state index contributed by atoms with van der Waals surface area (Å²) >= 11 is 0. The average Bonchev–Trinajstić information content (AvgIpc) is 3.14. The molecule has 1 amide bonds. The fourth-order valence-corrected chi connectivity index (χ4v) is 2.84. The topological polar surface area (TPSA) is 86.5 Å². The van der Waals surface area contributed by atoms with E-state index in [1.807, 2.05) is 56.3 Å². The van der Waals surface area contributed by atoms with Gasteiger partial charge in [0.15, 0.2) is 12.3 Å². The highest BCUT2D eigenvalue weighted by Crippen LogP contribution is 2.26. The van der Waals surface area contributed by atoms with E-state index >= 15 is 0 Å². The van der Waals surface area contributed by atoms with Crippen LogP contribution in [-0.2, 0) is 4.79 Å². The number of nitrogens with one attached hydrogen (secondary N) is 1. The van der Waals surface area contributed by atoms with E-state index in [1.54, 1.807) is 0 Å². The monoisotopic (exact) mass is 395 g/mol. The van der Waals surface area contributed by atoms with E-state index in [1.165, 1.54) is 0 Å². The number of anilines is 1. The molecule has 0 atom stereocenters. The van der Waals surface area contributed by atoms with Crippen LogP contribution in [0.1, 0.15) is 30.9 Å². The molecule has 1 heterocycles. The van der Waals surface area contributed by atoms with Gasteiger partial charge in [-0.15, -0.1) is 0 Å². The molecule has 3 rings (SSSR count). The maximum Gasteiger partial charge on any atom is 0.263 e. The Balaban J connectivity index is 1.60. The molecule has 0 radical (unpaired) electrons. The second-order valence-electron chi connectivity index (χ2n) is 6.85. The molecule has 152 valence electrons. The molecule has 0 aliphatic carbocycles.